The third-order valence-corrected chi connectivity index (χ3v) is 3.45. The molecule has 0 N–H and O–H groups in total. The van der Waals surface area contributed by atoms with Crippen LogP contribution in [-0.2, 0) is 0 Å². The molecule has 3 aromatic rings. The molecule has 0 spiro atoms. The molecule has 3 rings (SSSR count). The van der Waals surface area contributed by atoms with Gasteiger partial charge in [-0.15, -0.1) is 10.2 Å². The summed E-state index contributed by atoms with van der Waals surface area (Å²) in [6.45, 7) is 3.69. The number of aryl methyl sites for hydroxylation is 1. The molecule has 7 heteroatoms. The number of nitro benzene ring substituents is 1. The van der Waals surface area contributed by atoms with Crippen LogP contribution in [0.15, 0.2) is 52.9 Å². The first-order valence-corrected chi connectivity index (χ1v) is 7.35. The standard InChI is InChI=1S/C17H15N3O4/c1-11-7-9-13(10-8-11)17-19-18-16(24-17)12(2)23-15-6-4-3-5-14(15)20(21)22/h3-10,12H,1-2H3/t12-/m0/s1. The van der Waals surface area contributed by atoms with Crippen molar-refractivity contribution in [1.29, 1.82) is 0 Å². The second-order valence-corrected chi connectivity index (χ2v) is 5.30. The van der Waals surface area contributed by atoms with Crippen molar-refractivity contribution >= 4 is 5.69 Å². The minimum absolute atomic E-state index is 0.109. The van der Waals surface area contributed by atoms with Crippen molar-refractivity contribution in [1.82, 2.24) is 10.2 Å². The molecule has 0 amide bonds. The Morgan fingerprint density at radius 2 is 1.83 bits per heavy atom. The average Bonchev–Trinajstić information content (AvgIpc) is 3.06. The Kier molecular flexibility index (Phi) is 4.24. The third kappa shape index (κ3) is 3.24. The lowest BCUT2D eigenvalue weighted by molar-refractivity contribution is -0.386. The highest BCUT2D eigenvalue weighted by molar-refractivity contribution is 5.53. The number of benzene rings is 2. The molecule has 122 valence electrons. The van der Waals surface area contributed by atoms with Gasteiger partial charge in [-0.05, 0) is 32.0 Å². The first kappa shape index (κ1) is 15.7. The van der Waals surface area contributed by atoms with E-state index in [0.29, 0.717) is 5.89 Å². The molecule has 1 atom stereocenters. The van der Waals surface area contributed by atoms with Gasteiger partial charge >= 0.3 is 5.69 Å². The first-order valence-electron chi connectivity index (χ1n) is 7.35. The highest BCUT2D eigenvalue weighted by atomic mass is 16.6. The van der Waals surface area contributed by atoms with Gasteiger partial charge in [-0.1, -0.05) is 29.8 Å². The number of hydrogen-bond donors (Lipinski definition) is 0. The van der Waals surface area contributed by atoms with E-state index in [2.05, 4.69) is 10.2 Å². The van der Waals surface area contributed by atoms with Gasteiger partial charge in [0.15, 0.2) is 11.9 Å². The van der Waals surface area contributed by atoms with Crippen LogP contribution in [0, 0.1) is 17.0 Å². The number of ether oxygens (including phenoxy) is 1. The van der Waals surface area contributed by atoms with E-state index in [1.165, 1.54) is 12.1 Å². The van der Waals surface area contributed by atoms with Crippen molar-refractivity contribution < 1.29 is 14.1 Å². The van der Waals surface area contributed by atoms with Crippen LogP contribution in [0.5, 0.6) is 5.75 Å². The third-order valence-electron chi connectivity index (χ3n) is 3.45. The van der Waals surface area contributed by atoms with Gasteiger partial charge in [-0.2, -0.15) is 0 Å². The predicted octanol–water partition coefficient (Wildman–Crippen LogP) is 4.09. The van der Waals surface area contributed by atoms with Crippen LogP contribution in [0.3, 0.4) is 0 Å². The predicted molar refractivity (Wildman–Crippen MR) is 86.6 cm³/mol. The molecule has 0 radical (unpaired) electrons. The number of nitrogens with zero attached hydrogens (tertiary/aromatic N) is 3. The van der Waals surface area contributed by atoms with Crippen molar-refractivity contribution in [2.45, 2.75) is 20.0 Å². The molecule has 0 saturated carbocycles. The lowest BCUT2D eigenvalue weighted by Gasteiger charge is -2.10. The van der Waals surface area contributed by atoms with Crippen LogP contribution in [0.1, 0.15) is 24.5 Å². The minimum Gasteiger partial charge on any atom is -0.474 e. The summed E-state index contributed by atoms with van der Waals surface area (Å²) in [4.78, 5) is 10.5. The maximum Gasteiger partial charge on any atom is 0.310 e. The fourth-order valence-electron chi connectivity index (χ4n) is 2.16. The summed E-state index contributed by atoms with van der Waals surface area (Å²) in [5.74, 6) is 0.789. The zero-order valence-corrected chi connectivity index (χ0v) is 13.2. The van der Waals surface area contributed by atoms with Gasteiger partial charge in [0.25, 0.3) is 5.89 Å². The van der Waals surface area contributed by atoms with Crippen molar-refractivity contribution in [2.24, 2.45) is 0 Å². The lowest BCUT2D eigenvalue weighted by Crippen LogP contribution is -2.05. The second-order valence-electron chi connectivity index (χ2n) is 5.30. The molecule has 0 bridgehead atoms. The highest BCUT2D eigenvalue weighted by Gasteiger charge is 2.21. The largest absolute Gasteiger partial charge is 0.474 e. The Morgan fingerprint density at radius 3 is 2.54 bits per heavy atom. The van der Waals surface area contributed by atoms with Gasteiger partial charge in [0.1, 0.15) is 0 Å². The SMILES string of the molecule is Cc1ccc(-c2nnc([C@H](C)Oc3ccccc3[N+](=O)[O-])o2)cc1. The van der Waals surface area contributed by atoms with Crippen molar-refractivity contribution in [3.8, 4) is 17.2 Å². The molecule has 0 aliphatic rings. The van der Waals surface area contributed by atoms with Crippen LogP contribution in [-0.4, -0.2) is 15.1 Å². The number of hydrogen-bond acceptors (Lipinski definition) is 6. The maximum absolute atomic E-state index is 11.0. The molecule has 2 aromatic carbocycles. The number of aromatic nitrogens is 2. The highest BCUT2D eigenvalue weighted by Crippen LogP contribution is 2.31. The van der Waals surface area contributed by atoms with Gasteiger partial charge in [0, 0.05) is 11.6 Å². The fraction of sp³-hybridized carbons (Fsp3) is 0.176. The number of para-hydroxylation sites is 2. The summed E-state index contributed by atoms with van der Waals surface area (Å²) in [5, 5.41) is 19.0. The fourth-order valence-corrected chi connectivity index (χ4v) is 2.16. The quantitative estimate of drug-likeness (QED) is 0.518. The maximum atomic E-state index is 11.0. The number of nitro groups is 1. The van der Waals surface area contributed by atoms with Gasteiger partial charge in [0.05, 0.1) is 4.92 Å². The number of rotatable bonds is 5. The van der Waals surface area contributed by atoms with E-state index < -0.39 is 11.0 Å². The van der Waals surface area contributed by atoms with E-state index in [1.54, 1.807) is 19.1 Å². The summed E-state index contributed by atoms with van der Waals surface area (Å²) in [6, 6.07) is 13.8. The van der Waals surface area contributed by atoms with Crippen LogP contribution in [0.25, 0.3) is 11.5 Å². The first-order chi connectivity index (χ1) is 11.5. The Bertz CT molecular complexity index is 858. The van der Waals surface area contributed by atoms with E-state index >= 15 is 0 Å². The van der Waals surface area contributed by atoms with E-state index in [-0.39, 0.29) is 17.3 Å². The molecule has 0 unspecified atom stereocenters. The molecular weight excluding hydrogens is 310 g/mol. The summed E-state index contributed by atoms with van der Waals surface area (Å²) in [5.41, 5.74) is 1.83. The molecule has 1 heterocycles. The Hall–Kier alpha value is -3.22. The summed E-state index contributed by atoms with van der Waals surface area (Å²) in [6.07, 6.45) is -0.613. The molecule has 24 heavy (non-hydrogen) atoms. The van der Waals surface area contributed by atoms with E-state index in [4.69, 9.17) is 9.15 Å². The molecule has 0 fully saturated rings. The lowest BCUT2D eigenvalue weighted by atomic mass is 10.1. The van der Waals surface area contributed by atoms with E-state index in [1.807, 2.05) is 31.2 Å². The monoisotopic (exact) mass is 325 g/mol. The zero-order valence-electron chi connectivity index (χ0n) is 13.2. The second kappa shape index (κ2) is 6.49. The Labute approximate surface area is 138 Å². The summed E-state index contributed by atoms with van der Waals surface area (Å²) >= 11 is 0. The normalized spacial score (nSPS) is 11.9. The summed E-state index contributed by atoms with van der Waals surface area (Å²) in [7, 11) is 0. The van der Waals surface area contributed by atoms with Crippen LogP contribution < -0.4 is 4.74 Å². The molecule has 0 aliphatic heterocycles. The van der Waals surface area contributed by atoms with E-state index in [9.17, 15) is 10.1 Å². The van der Waals surface area contributed by atoms with Crippen LogP contribution >= 0.6 is 0 Å². The molecule has 7 nitrogen and oxygen atoms in total. The average molecular weight is 325 g/mol. The van der Waals surface area contributed by atoms with Crippen molar-refractivity contribution in [3.05, 3.63) is 70.1 Å². The van der Waals surface area contributed by atoms with Gasteiger partial charge in [-0.25, -0.2) is 0 Å². The Balaban J connectivity index is 1.80. The van der Waals surface area contributed by atoms with Crippen molar-refractivity contribution in [3.63, 3.8) is 0 Å². The topological polar surface area (TPSA) is 91.3 Å². The summed E-state index contributed by atoms with van der Waals surface area (Å²) < 4.78 is 11.3. The smallest absolute Gasteiger partial charge is 0.310 e. The van der Waals surface area contributed by atoms with Gasteiger partial charge in [-0.3, -0.25) is 10.1 Å². The van der Waals surface area contributed by atoms with Crippen molar-refractivity contribution in [2.75, 3.05) is 0 Å². The van der Waals surface area contributed by atoms with E-state index in [0.717, 1.165) is 11.1 Å². The molecular formula is C17H15N3O4. The van der Waals surface area contributed by atoms with Crippen LogP contribution in [0.4, 0.5) is 5.69 Å². The van der Waals surface area contributed by atoms with Gasteiger partial charge < -0.3 is 9.15 Å². The molecule has 0 saturated heterocycles. The zero-order chi connectivity index (χ0) is 17.1. The Morgan fingerprint density at radius 1 is 1.12 bits per heavy atom. The van der Waals surface area contributed by atoms with Crippen LogP contribution in [0.2, 0.25) is 0 Å². The molecule has 0 aliphatic carbocycles. The van der Waals surface area contributed by atoms with Gasteiger partial charge in [0.2, 0.25) is 5.89 Å². The minimum atomic E-state index is -0.613. The molecule has 1 aromatic heterocycles.